The smallest absolute Gasteiger partial charge is 0.185 e. The third-order valence-electron chi connectivity index (χ3n) is 3.93. The van der Waals surface area contributed by atoms with Crippen LogP contribution in [0.3, 0.4) is 0 Å². The van der Waals surface area contributed by atoms with Gasteiger partial charge in [0.1, 0.15) is 0 Å². The molecular weight excluding hydrogens is 258 g/mol. The maximum absolute atomic E-state index is 5.02. The van der Waals surface area contributed by atoms with Gasteiger partial charge in [0.05, 0.1) is 6.61 Å². The monoisotopic (exact) mass is 283 g/mol. The summed E-state index contributed by atoms with van der Waals surface area (Å²) in [5, 5.41) is 4.54. The summed E-state index contributed by atoms with van der Waals surface area (Å²) in [5.41, 5.74) is 0. The summed E-state index contributed by atoms with van der Waals surface area (Å²) >= 11 is 1.81. The van der Waals surface area contributed by atoms with Crippen LogP contribution in [0.4, 0.5) is 5.13 Å². The lowest BCUT2D eigenvalue weighted by molar-refractivity contribution is 0.199. The quantitative estimate of drug-likeness (QED) is 0.813. The van der Waals surface area contributed by atoms with E-state index in [0.717, 1.165) is 44.6 Å². The predicted octanol–water partition coefficient (Wildman–Crippen LogP) is 2.36. The fourth-order valence-corrected chi connectivity index (χ4v) is 3.26. The van der Waals surface area contributed by atoms with E-state index in [4.69, 9.17) is 4.74 Å². The molecule has 19 heavy (non-hydrogen) atoms. The van der Waals surface area contributed by atoms with Gasteiger partial charge in [-0.25, -0.2) is 4.98 Å². The van der Waals surface area contributed by atoms with E-state index < -0.39 is 0 Å². The van der Waals surface area contributed by atoms with Crippen molar-refractivity contribution >= 4 is 16.5 Å². The predicted molar refractivity (Wildman–Crippen MR) is 80.9 cm³/mol. The second-order valence-electron chi connectivity index (χ2n) is 5.47. The molecule has 2 atom stereocenters. The molecule has 1 aromatic heterocycles. The van der Waals surface area contributed by atoms with Gasteiger partial charge in [0.25, 0.3) is 0 Å². The van der Waals surface area contributed by atoms with Crippen molar-refractivity contribution in [3.8, 4) is 0 Å². The fourth-order valence-electron chi connectivity index (χ4n) is 2.35. The summed E-state index contributed by atoms with van der Waals surface area (Å²) in [7, 11) is 1.73. The van der Waals surface area contributed by atoms with Crippen molar-refractivity contribution in [2.45, 2.75) is 26.8 Å². The minimum absolute atomic E-state index is 0.757. The van der Waals surface area contributed by atoms with Gasteiger partial charge in [0.2, 0.25) is 0 Å². The number of methoxy groups -OCH3 is 1. The molecule has 1 fully saturated rings. The SMILES string of the molecule is COCCNCc1cnc(N2CCC(C)C(C)C2)s1. The van der Waals surface area contributed by atoms with Gasteiger partial charge in [-0.15, -0.1) is 11.3 Å². The Bertz CT molecular complexity index is 383. The van der Waals surface area contributed by atoms with E-state index in [-0.39, 0.29) is 0 Å². The zero-order valence-electron chi connectivity index (χ0n) is 12.2. The molecule has 4 nitrogen and oxygen atoms in total. The summed E-state index contributed by atoms with van der Waals surface area (Å²) in [6.45, 7) is 9.53. The number of anilines is 1. The molecule has 0 bridgehead atoms. The Balaban J connectivity index is 1.83. The van der Waals surface area contributed by atoms with E-state index in [0.29, 0.717) is 0 Å². The lowest BCUT2D eigenvalue weighted by Gasteiger charge is -2.35. The Morgan fingerprint density at radius 1 is 1.47 bits per heavy atom. The van der Waals surface area contributed by atoms with E-state index >= 15 is 0 Å². The molecule has 1 aromatic rings. The molecule has 0 aliphatic carbocycles. The lowest BCUT2D eigenvalue weighted by Crippen LogP contribution is -2.38. The first-order valence-corrected chi connectivity index (χ1v) is 7.91. The second kappa shape index (κ2) is 7.22. The number of piperidine rings is 1. The maximum Gasteiger partial charge on any atom is 0.185 e. The highest BCUT2D eigenvalue weighted by atomic mass is 32.1. The van der Waals surface area contributed by atoms with E-state index in [2.05, 4.69) is 29.0 Å². The van der Waals surface area contributed by atoms with Crippen LogP contribution in [0.25, 0.3) is 0 Å². The first-order chi connectivity index (χ1) is 9.20. The van der Waals surface area contributed by atoms with E-state index in [1.54, 1.807) is 7.11 Å². The third-order valence-corrected chi connectivity index (χ3v) is 4.99. The molecule has 0 saturated carbocycles. The lowest BCUT2D eigenvalue weighted by atomic mass is 9.89. The largest absolute Gasteiger partial charge is 0.383 e. The molecule has 0 spiro atoms. The van der Waals surface area contributed by atoms with Crippen molar-refractivity contribution < 1.29 is 4.74 Å². The fraction of sp³-hybridized carbons (Fsp3) is 0.786. The zero-order chi connectivity index (χ0) is 13.7. The van der Waals surface area contributed by atoms with Gasteiger partial charge in [-0.1, -0.05) is 13.8 Å². The molecule has 1 aliphatic heterocycles. The van der Waals surface area contributed by atoms with Gasteiger partial charge < -0.3 is 15.0 Å². The highest BCUT2D eigenvalue weighted by molar-refractivity contribution is 7.15. The summed E-state index contributed by atoms with van der Waals surface area (Å²) in [6.07, 6.45) is 3.28. The van der Waals surface area contributed by atoms with Crippen molar-refractivity contribution in [2.24, 2.45) is 11.8 Å². The molecule has 0 radical (unpaired) electrons. The van der Waals surface area contributed by atoms with Crippen LogP contribution in [0.1, 0.15) is 25.1 Å². The van der Waals surface area contributed by atoms with Crippen molar-refractivity contribution in [3.63, 3.8) is 0 Å². The number of aromatic nitrogens is 1. The number of rotatable bonds is 6. The van der Waals surface area contributed by atoms with Gasteiger partial charge >= 0.3 is 0 Å². The average molecular weight is 283 g/mol. The Morgan fingerprint density at radius 3 is 3.05 bits per heavy atom. The second-order valence-corrected chi connectivity index (χ2v) is 6.56. The summed E-state index contributed by atoms with van der Waals surface area (Å²) in [5.74, 6) is 1.60. The molecule has 5 heteroatoms. The first-order valence-electron chi connectivity index (χ1n) is 7.10. The summed E-state index contributed by atoms with van der Waals surface area (Å²) in [6, 6.07) is 0. The van der Waals surface area contributed by atoms with Gasteiger partial charge in [0.15, 0.2) is 5.13 Å². The van der Waals surface area contributed by atoms with Crippen LogP contribution in [0, 0.1) is 11.8 Å². The molecule has 0 amide bonds. The van der Waals surface area contributed by atoms with E-state index in [9.17, 15) is 0 Å². The Labute approximate surface area is 120 Å². The molecule has 0 aromatic carbocycles. The van der Waals surface area contributed by atoms with Crippen molar-refractivity contribution in [1.82, 2.24) is 10.3 Å². The molecule has 2 rings (SSSR count). The Kier molecular flexibility index (Phi) is 5.60. The molecule has 1 saturated heterocycles. The standard InChI is InChI=1S/C14H25N3OS/c1-11-4-6-17(10-12(11)2)14-16-9-13(19-14)8-15-5-7-18-3/h9,11-12,15H,4-8,10H2,1-3H3. The van der Waals surface area contributed by atoms with Crippen LogP contribution < -0.4 is 10.2 Å². The topological polar surface area (TPSA) is 37.4 Å². The maximum atomic E-state index is 5.02. The molecule has 2 heterocycles. The average Bonchev–Trinajstić information content (AvgIpc) is 2.87. The Morgan fingerprint density at radius 2 is 2.32 bits per heavy atom. The highest BCUT2D eigenvalue weighted by Crippen LogP contribution is 2.29. The van der Waals surface area contributed by atoms with Crippen LogP contribution in [0.2, 0.25) is 0 Å². The molecule has 1 aliphatic rings. The molecule has 108 valence electrons. The van der Waals surface area contributed by atoms with Crippen LogP contribution in [0.15, 0.2) is 6.20 Å². The number of nitrogens with one attached hydrogen (secondary N) is 1. The Hall–Kier alpha value is -0.650. The number of hydrogen-bond acceptors (Lipinski definition) is 5. The number of hydrogen-bond donors (Lipinski definition) is 1. The molecule has 1 N–H and O–H groups in total. The molecule has 2 unspecified atom stereocenters. The van der Waals surface area contributed by atoms with Gasteiger partial charge in [0, 0.05) is 44.4 Å². The normalized spacial score (nSPS) is 23.8. The summed E-state index contributed by atoms with van der Waals surface area (Å²) < 4.78 is 5.02. The van der Waals surface area contributed by atoms with Crippen LogP contribution >= 0.6 is 11.3 Å². The van der Waals surface area contributed by atoms with Crippen LogP contribution in [-0.4, -0.2) is 38.3 Å². The van der Waals surface area contributed by atoms with Gasteiger partial charge in [-0.05, 0) is 18.3 Å². The van der Waals surface area contributed by atoms with Crippen molar-refractivity contribution in [3.05, 3.63) is 11.1 Å². The van der Waals surface area contributed by atoms with Crippen molar-refractivity contribution in [1.29, 1.82) is 0 Å². The minimum Gasteiger partial charge on any atom is -0.383 e. The minimum atomic E-state index is 0.757. The zero-order valence-corrected chi connectivity index (χ0v) is 13.0. The van der Waals surface area contributed by atoms with E-state index in [1.165, 1.54) is 16.4 Å². The van der Waals surface area contributed by atoms with Crippen molar-refractivity contribution in [2.75, 3.05) is 38.3 Å². The number of nitrogens with zero attached hydrogens (tertiary/aromatic N) is 2. The molecular formula is C14H25N3OS. The first kappa shape index (κ1) is 14.8. The third kappa shape index (κ3) is 4.16. The highest BCUT2D eigenvalue weighted by Gasteiger charge is 2.24. The van der Waals surface area contributed by atoms with Crippen LogP contribution in [0.5, 0.6) is 0 Å². The van der Waals surface area contributed by atoms with Gasteiger partial charge in [-0.3, -0.25) is 0 Å². The van der Waals surface area contributed by atoms with E-state index in [1.807, 2.05) is 17.5 Å². The van der Waals surface area contributed by atoms with Crippen LogP contribution in [-0.2, 0) is 11.3 Å². The number of ether oxygens (including phenoxy) is 1. The summed E-state index contributed by atoms with van der Waals surface area (Å²) in [4.78, 5) is 8.31. The number of thiazole rings is 1. The van der Waals surface area contributed by atoms with Gasteiger partial charge in [-0.2, -0.15) is 0 Å².